The van der Waals surface area contributed by atoms with Crippen LogP contribution in [-0.2, 0) is 14.8 Å². The van der Waals surface area contributed by atoms with E-state index in [1.807, 2.05) is 6.92 Å². The highest BCUT2D eigenvalue weighted by atomic mass is 32.2. The molecule has 0 aromatic heterocycles. The van der Waals surface area contributed by atoms with E-state index in [2.05, 4.69) is 4.72 Å². The molecule has 0 bridgehead atoms. The average Bonchev–Trinajstić information content (AvgIpc) is 2.31. The molecule has 1 fully saturated rings. The van der Waals surface area contributed by atoms with Gasteiger partial charge in [-0.2, -0.15) is 0 Å². The van der Waals surface area contributed by atoms with Gasteiger partial charge in [0.15, 0.2) is 0 Å². The smallest absolute Gasteiger partial charge is 0.211 e. The molecule has 1 saturated carbocycles. The van der Waals surface area contributed by atoms with E-state index in [4.69, 9.17) is 10.5 Å². The van der Waals surface area contributed by atoms with Crippen molar-refractivity contribution in [2.45, 2.75) is 57.6 Å². The molecule has 0 aromatic rings. The summed E-state index contributed by atoms with van der Waals surface area (Å²) in [5.74, 6) is 0.203. The second kappa shape index (κ2) is 8.09. The second-order valence-corrected chi connectivity index (χ2v) is 6.90. The largest absolute Gasteiger partial charge is 0.378 e. The molecule has 3 N–H and O–H groups in total. The van der Waals surface area contributed by atoms with Crippen LogP contribution in [0.15, 0.2) is 0 Å². The molecule has 0 atom stereocenters. The van der Waals surface area contributed by atoms with Crippen LogP contribution in [0.5, 0.6) is 0 Å². The lowest BCUT2D eigenvalue weighted by Gasteiger charge is -2.26. The lowest BCUT2D eigenvalue weighted by atomic mass is 9.94. The topological polar surface area (TPSA) is 81.4 Å². The van der Waals surface area contributed by atoms with E-state index in [1.165, 1.54) is 0 Å². The molecule has 0 heterocycles. The maximum Gasteiger partial charge on any atom is 0.211 e. The van der Waals surface area contributed by atoms with Crippen molar-refractivity contribution < 1.29 is 13.2 Å². The lowest BCUT2D eigenvalue weighted by molar-refractivity contribution is 0.0245. The molecule has 18 heavy (non-hydrogen) atoms. The molecule has 0 unspecified atom stereocenters. The standard InChI is InChI=1S/C12H26N2O3S/c1-2-10-18(15,16)14-8-3-9-17-12-6-4-11(13)5-7-12/h11-12,14H,2-10,13H2,1H3. The Morgan fingerprint density at radius 2 is 1.94 bits per heavy atom. The van der Waals surface area contributed by atoms with Crippen LogP contribution in [0.4, 0.5) is 0 Å². The third kappa shape index (κ3) is 6.68. The summed E-state index contributed by atoms with van der Waals surface area (Å²) < 4.78 is 31.0. The number of hydrogen-bond acceptors (Lipinski definition) is 4. The van der Waals surface area contributed by atoms with Gasteiger partial charge < -0.3 is 10.5 Å². The molecular formula is C12H26N2O3S. The van der Waals surface area contributed by atoms with Crippen LogP contribution in [0.25, 0.3) is 0 Å². The number of nitrogens with one attached hydrogen (secondary N) is 1. The lowest BCUT2D eigenvalue weighted by Crippen LogP contribution is -2.31. The van der Waals surface area contributed by atoms with Crippen LogP contribution < -0.4 is 10.5 Å². The van der Waals surface area contributed by atoms with Crippen LogP contribution in [0.1, 0.15) is 45.4 Å². The molecule has 0 saturated heterocycles. The van der Waals surface area contributed by atoms with Crippen molar-refractivity contribution >= 4 is 10.0 Å². The molecule has 0 amide bonds. The third-order valence-corrected chi connectivity index (χ3v) is 4.78. The van der Waals surface area contributed by atoms with Gasteiger partial charge in [-0.25, -0.2) is 13.1 Å². The maximum atomic E-state index is 11.4. The van der Waals surface area contributed by atoms with Crippen molar-refractivity contribution in [2.24, 2.45) is 5.73 Å². The van der Waals surface area contributed by atoms with Gasteiger partial charge in [0.05, 0.1) is 11.9 Å². The van der Waals surface area contributed by atoms with E-state index < -0.39 is 10.0 Å². The number of ether oxygens (including phenoxy) is 1. The second-order valence-electron chi connectivity index (χ2n) is 4.97. The van der Waals surface area contributed by atoms with E-state index in [0.717, 1.165) is 32.1 Å². The molecule has 0 aromatic carbocycles. The third-order valence-electron chi connectivity index (χ3n) is 3.19. The summed E-state index contributed by atoms with van der Waals surface area (Å²) in [6, 6.07) is 0.339. The highest BCUT2D eigenvalue weighted by molar-refractivity contribution is 7.89. The molecule has 6 heteroatoms. The maximum absolute atomic E-state index is 11.4. The Kier molecular flexibility index (Phi) is 7.14. The van der Waals surface area contributed by atoms with Crippen molar-refractivity contribution in [2.75, 3.05) is 18.9 Å². The zero-order chi connectivity index (χ0) is 13.4. The molecule has 1 aliphatic rings. The van der Waals surface area contributed by atoms with Crippen molar-refractivity contribution in [1.29, 1.82) is 0 Å². The van der Waals surface area contributed by atoms with Crippen molar-refractivity contribution in [1.82, 2.24) is 4.72 Å². The molecule has 1 rings (SSSR count). The van der Waals surface area contributed by atoms with Gasteiger partial charge in [-0.1, -0.05) is 6.92 Å². The van der Waals surface area contributed by atoms with E-state index in [-0.39, 0.29) is 5.75 Å². The minimum absolute atomic E-state index is 0.203. The van der Waals surface area contributed by atoms with E-state index in [1.54, 1.807) is 0 Å². The van der Waals surface area contributed by atoms with Crippen LogP contribution in [0.3, 0.4) is 0 Å². The average molecular weight is 278 g/mol. The number of sulfonamides is 1. The summed E-state index contributed by atoms with van der Waals surface area (Å²) in [6.07, 6.45) is 5.82. The van der Waals surface area contributed by atoms with Crippen molar-refractivity contribution in [3.8, 4) is 0 Å². The Bertz CT molecular complexity index is 311. The van der Waals surface area contributed by atoms with Crippen molar-refractivity contribution in [3.05, 3.63) is 0 Å². The molecule has 0 aliphatic heterocycles. The highest BCUT2D eigenvalue weighted by Crippen LogP contribution is 2.19. The van der Waals surface area contributed by atoms with Crippen molar-refractivity contribution in [3.63, 3.8) is 0 Å². The zero-order valence-electron chi connectivity index (χ0n) is 11.2. The first-order valence-corrected chi connectivity index (χ1v) is 8.53. The predicted molar refractivity (Wildman–Crippen MR) is 72.9 cm³/mol. The Morgan fingerprint density at radius 3 is 2.56 bits per heavy atom. The summed E-state index contributed by atoms with van der Waals surface area (Å²) in [4.78, 5) is 0. The summed E-state index contributed by atoms with van der Waals surface area (Å²) in [6.45, 7) is 2.94. The van der Waals surface area contributed by atoms with E-state index >= 15 is 0 Å². The fraction of sp³-hybridized carbons (Fsp3) is 1.00. The minimum atomic E-state index is -3.07. The summed E-state index contributed by atoms with van der Waals surface area (Å²) in [7, 11) is -3.07. The minimum Gasteiger partial charge on any atom is -0.378 e. The van der Waals surface area contributed by atoms with E-state index in [9.17, 15) is 8.42 Å². The number of rotatable bonds is 8. The Labute approximate surface area is 111 Å². The van der Waals surface area contributed by atoms with Crippen LogP contribution in [0.2, 0.25) is 0 Å². The van der Waals surface area contributed by atoms with Gasteiger partial charge in [0.25, 0.3) is 0 Å². The number of nitrogens with two attached hydrogens (primary N) is 1. The highest BCUT2D eigenvalue weighted by Gasteiger charge is 2.18. The molecule has 5 nitrogen and oxygen atoms in total. The monoisotopic (exact) mass is 278 g/mol. The summed E-state index contributed by atoms with van der Waals surface area (Å²) >= 11 is 0. The first-order chi connectivity index (χ1) is 8.53. The van der Waals surface area contributed by atoms with Gasteiger partial charge in [0.2, 0.25) is 10.0 Å². The van der Waals surface area contributed by atoms with Gasteiger partial charge >= 0.3 is 0 Å². The first-order valence-electron chi connectivity index (χ1n) is 6.88. The summed E-state index contributed by atoms with van der Waals surface area (Å²) in [5.41, 5.74) is 5.82. The van der Waals surface area contributed by atoms with E-state index in [0.29, 0.717) is 31.7 Å². The Balaban J connectivity index is 2.02. The molecule has 108 valence electrons. The molecule has 0 spiro atoms. The normalized spacial score (nSPS) is 25.2. The fourth-order valence-corrected chi connectivity index (χ4v) is 3.28. The van der Waals surface area contributed by atoms with Crippen LogP contribution in [0, 0.1) is 0 Å². The molecule has 1 aliphatic carbocycles. The molecular weight excluding hydrogens is 252 g/mol. The first kappa shape index (κ1) is 15.9. The Morgan fingerprint density at radius 1 is 1.28 bits per heavy atom. The van der Waals surface area contributed by atoms with Gasteiger partial charge in [-0.15, -0.1) is 0 Å². The number of hydrogen-bond donors (Lipinski definition) is 2. The van der Waals surface area contributed by atoms with Gasteiger partial charge in [-0.3, -0.25) is 0 Å². The van der Waals surface area contributed by atoms with Crippen LogP contribution >= 0.6 is 0 Å². The van der Waals surface area contributed by atoms with Gasteiger partial charge in [-0.05, 0) is 38.5 Å². The zero-order valence-corrected chi connectivity index (χ0v) is 12.0. The predicted octanol–water partition coefficient (Wildman–Crippen LogP) is 0.992. The SMILES string of the molecule is CCCS(=O)(=O)NCCCOC1CCC(N)CC1. The van der Waals surface area contributed by atoms with Crippen LogP contribution in [-0.4, -0.2) is 39.5 Å². The van der Waals surface area contributed by atoms with Gasteiger partial charge in [0.1, 0.15) is 0 Å². The summed E-state index contributed by atoms with van der Waals surface area (Å²) in [5, 5.41) is 0. The quantitative estimate of drug-likeness (QED) is 0.649. The molecule has 0 radical (unpaired) electrons. The fourth-order valence-electron chi connectivity index (χ4n) is 2.15. The van der Waals surface area contributed by atoms with Gasteiger partial charge in [0, 0.05) is 19.2 Å². The Hall–Kier alpha value is -0.170.